The fraction of sp³-hybridized carbons (Fsp3) is 0.857. The van der Waals surface area contributed by atoms with Crippen molar-refractivity contribution in [1.29, 1.82) is 5.26 Å². The van der Waals surface area contributed by atoms with Gasteiger partial charge in [0.1, 0.15) is 5.54 Å². The van der Waals surface area contributed by atoms with E-state index in [1.54, 1.807) is 6.92 Å². The molecule has 0 aliphatic heterocycles. The fourth-order valence-electron chi connectivity index (χ4n) is 2.38. The summed E-state index contributed by atoms with van der Waals surface area (Å²) in [6, 6.07) is 2.18. The number of rotatable bonds is 4. The normalized spacial score (nSPS) is 21.0. The lowest BCUT2D eigenvalue weighted by molar-refractivity contribution is -0.123. The number of nitrogens with one attached hydrogen (secondary N) is 1. The van der Waals surface area contributed by atoms with Crippen LogP contribution in [0.1, 0.15) is 65.2 Å². The molecular weight excluding hydrogens is 212 g/mol. The van der Waals surface area contributed by atoms with Crippen molar-refractivity contribution in [2.45, 2.75) is 70.8 Å². The molecule has 0 spiro atoms. The molecule has 1 amide bonds. The van der Waals surface area contributed by atoms with Gasteiger partial charge < -0.3 is 5.32 Å². The molecule has 0 aromatic rings. The third-order valence-electron chi connectivity index (χ3n) is 3.82. The number of hydrogen-bond donors (Lipinski definition) is 1. The summed E-state index contributed by atoms with van der Waals surface area (Å²) >= 11 is 0. The van der Waals surface area contributed by atoms with Gasteiger partial charge in [0, 0.05) is 6.42 Å². The van der Waals surface area contributed by atoms with Crippen LogP contribution >= 0.6 is 0 Å². The van der Waals surface area contributed by atoms with Crippen molar-refractivity contribution in [2.75, 3.05) is 0 Å². The van der Waals surface area contributed by atoms with Gasteiger partial charge in [0.15, 0.2) is 0 Å². The lowest BCUT2D eigenvalue weighted by Crippen LogP contribution is -2.44. The molecular formula is C14H24N2O. The van der Waals surface area contributed by atoms with Gasteiger partial charge in [-0.25, -0.2) is 0 Å². The molecule has 3 heteroatoms. The summed E-state index contributed by atoms with van der Waals surface area (Å²) in [7, 11) is 0. The van der Waals surface area contributed by atoms with Crippen molar-refractivity contribution in [3.05, 3.63) is 0 Å². The smallest absolute Gasteiger partial charge is 0.221 e. The van der Waals surface area contributed by atoms with Gasteiger partial charge in [-0.05, 0) is 32.1 Å². The van der Waals surface area contributed by atoms with E-state index in [-0.39, 0.29) is 5.91 Å². The molecule has 96 valence electrons. The number of carbonyl (C=O) groups excluding carboxylic acids is 1. The highest BCUT2D eigenvalue weighted by Crippen LogP contribution is 2.25. The first-order chi connectivity index (χ1) is 8.09. The van der Waals surface area contributed by atoms with Gasteiger partial charge in [0.2, 0.25) is 5.91 Å². The molecule has 0 aromatic carbocycles. The molecule has 0 bridgehead atoms. The molecule has 0 heterocycles. The summed E-state index contributed by atoms with van der Waals surface area (Å²) in [5.41, 5.74) is -0.693. The van der Waals surface area contributed by atoms with Gasteiger partial charge in [-0.15, -0.1) is 0 Å². The molecule has 1 fully saturated rings. The zero-order valence-electron chi connectivity index (χ0n) is 11.1. The van der Waals surface area contributed by atoms with Crippen LogP contribution in [0.15, 0.2) is 0 Å². The molecule has 1 saturated carbocycles. The molecule has 1 aliphatic rings. The molecule has 3 nitrogen and oxygen atoms in total. The predicted octanol–water partition coefficient (Wildman–Crippen LogP) is 3.16. The average molecular weight is 236 g/mol. The van der Waals surface area contributed by atoms with Crippen LogP contribution in [0, 0.1) is 17.2 Å². The lowest BCUT2D eigenvalue weighted by atomic mass is 9.94. The van der Waals surface area contributed by atoms with E-state index in [9.17, 15) is 4.79 Å². The maximum atomic E-state index is 11.9. The summed E-state index contributed by atoms with van der Waals surface area (Å²) in [6.45, 7) is 3.72. The second-order valence-electron chi connectivity index (χ2n) is 5.41. The van der Waals surface area contributed by atoms with E-state index in [4.69, 9.17) is 5.26 Å². The third-order valence-corrected chi connectivity index (χ3v) is 3.82. The number of carbonyl (C=O) groups is 1. The lowest BCUT2D eigenvalue weighted by Gasteiger charge is -2.23. The summed E-state index contributed by atoms with van der Waals surface area (Å²) in [4.78, 5) is 11.9. The van der Waals surface area contributed by atoms with Crippen LogP contribution in [0.25, 0.3) is 0 Å². The van der Waals surface area contributed by atoms with Crippen molar-refractivity contribution in [1.82, 2.24) is 5.32 Å². The van der Waals surface area contributed by atoms with Gasteiger partial charge in [-0.3, -0.25) is 4.79 Å². The Hall–Kier alpha value is -1.04. The van der Waals surface area contributed by atoms with E-state index < -0.39 is 5.54 Å². The van der Waals surface area contributed by atoms with Crippen LogP contribution in [0.4, 0.5) is 0 Å². The Labute approximate surface area is 105 Å². The van der Waals surface area contributed by atoms with Crippen LogP contribution in [0.3, 0.4) is 0 Å². The summed E-state index contributed by atoms with van der Waals surface area (Å²) in [5, 5.41) is 11.9. The first kappa shape index (κ1) is 14.0. The van der Waals surface area contributed by atoms with Crippen molar-refractivity contribution in [3.8, 4) is 6.07 Å². The topological polar surface area (TPSA) is 52.9 Å². The van der Waals surface area contributed by atoms with E-state index in [0.29, 0.717) is 18.8 Å². The molecule has 0 saturated heterocycles. The minimum Gasteiger partial charge on any atom is -0.338 e. The van der Waals surface area contributed by atoms with Crippen molar-refractivity contribution < 1.29 is 4.79 Å². The van der Waals surface area contributed by atoms with E-state index in [2.05, 4.69) is 11.4 Å². The highest BCUT2D eigenvalue weighted by atomic mass is 16.1. The molecule has 1 unspecified atom stereocenters. The highest BCUT2D eigenvalue weighted by Gasteiger charge is 2.25. The molecule has 0 radical (unpaired) electrons. The number of nitrogens with zero attached hydrogens (tertiary/aromatic N) is 1. The van der Waals surface area contributed by atoms with Crippen LogP contribution in [0.5, 0.6) is 0 Å². The van der Waals surface area contributed by atoms with Crippen LogP contribution in [0.2, 0.25) is 0 Å². The van der Waals surface area contributed by atoms with Gasteiger partial charge in [0.05, 0.1) is 6.07 Å². The Morgan fingerprint density at radius 1 is 1.35 bits per heavy atom. The molecule has 1 aliphatic carbocycles. The maximum Gasteiger partial charge on any atom is 0.221 e. The first-order valence-corrected chi connectivity index (χ1v) is 6.82. The minimum atomic E-state index is -0.693. The summed E-state index contributed by atoms with van der Waals surface area (Å²) < 4.78 is 0. The first-order valence-electron chi connectivity index (χ1n) is 6.82. The number of nitriles is 1. The fourth-order valence-corrected chi connectivity index (χ4v) is 2.38. The minimum absolute atomic E-state index is 0.0443. The van der Waals surface area contributed by atoms with Gasteiger partial charge in [0.25, 0.3) is 0 Å². The number of hydrogen-bond acceptors (Lipinski definition) is 2. The standard InChI is InChI=1S/C14H24N2O/c1-3-14(2,11-15)16-13(17)10-12-8-6-4-5-7-9-12/h12H,3-10H2,1-2H3,(H,16,17). The highest BCUT2D eigenvalue weighted by molar-refractivity contribution is 5.77. The Kier molecular flexibility index (Phi) is 5.47. The molecule has 0 aromatic heterocycles. The monoisotopic (exact) mass is 236 g/mol. The second kappa shape index (κ2) is 6.64. The molecule has 1 N–H and O–H groups in total. The predicted molar refractivity (Wildman–Crippen MR) is 68.3 cm³/mol. The largest absolute Gasteiger partial charge is 0.338 e. The average Bonchev–Trinajstić information content (AvgIpc) is 2.57. The van der Waals surface area contributed by atoms with Gasteiger partial charge in [-0.1, -0.05) is 32.6 Å². The number of amides is 1. The Bertz CT molecular complexity index is 287. The van der Waals surface area contributed by atoms with E-state index >= 15 is 0 Å². The third kappa shape index (κ3) is 4.77. The second-order valence-corrected chi connectivity index (χ2v) is 5.41. The zero-order valence-corrected chi connectivity index (χ0v) is 11.1. The van der Waals surface area contributed by atoms with Crippen LogP contribution in [-0.2, 0) is 4.79 Å². The Balaban J connectivity index is 2.40. The van der Waals surface area contributed by atoms with Gasteiger partial charge >= 0.3 is 0 Å². The molecule has 1 rings (SSSR count). The van der Waals surface area contributed by atoms with E-state index in [1.165, 1.54) is 38.5 Å². The van der Waals surface area contributed by atoms with Crippen molar-refractivity contribution in [3.63, 3.8) is 0 Å². The van der Waals surface area contributed by atoms with Crippen LogP contribution in [-0.4, -0.2) is 11.4 Å². The van der Waals surface area contributed by atoms with Crippen molar-refractivity contribution >= 4 is 5.91 Å². The molecule has 1 atom stereocenters. The quantitative estimate of drug-likeness (QED) is 0.762. The Morgan fingerprint density at radius 3 is 2.41 bits per heavy atom. The molecule has 17 heavy (non-hydrogen) atoms. The SMILES string of the molecule is CCC(C)(C#N)NC(=O)CC1CCCCCC1. The summed E-state index contributed by atoms with van der Waals surface area (Å²) in [5.74, 6) is 0.570. The van der Waals surface area contributed by atoms with Gasteiger partial charge in [-0.2, -0.15) is 5.26 Å². The maximum absolute atomic E-state index is 11.9. The Morgan fingerprint density at radius 2 is 1.94 bits per heavy atom. The van der Waals surface area contributed by atoms with E-state index in [1.807, 2.05) is 6.92 Å². The van der Waals surface area contributed by atoms with E-state index in [0.717, 1.165) is 0 Å². The summed E-state index contributed by atoms with van der Waals surface area (Å²) in [6.07, 6.45) is 8.71. The van der Waals surface area contributed by atoms with Crippen molar-refractivity contribution in [2.24, 2.45) is 5.92 Å². The van der Waals surface area contributed by atoms with Crippen LogP contribution < -0.4 is 5.32 Å². The zero-order chi connectivity index (χ0) is 12.7.